The second-order valence-electron chi connectivity index (χ2n) is 5.50. The molecule has 0 aliphatic rings. The molecular formula is C18H16ClN3O2S. The van der Waals surface area contributed by atoms with Gasteiger partial charge in [-0.2, -0.15) is 0 Å². The molecule has 0 fully saturated rings. The van der Waals surface area contributed by atoms with Crippen molar-refractivity contribution in [2.45, 2.75) is 17.1 Å². The number of carbonyl (C=O) groups is 1. The normalized spacial score (nSPS) is 12.8. The van der Waals surface area contributed by atoms with Crippen molar-refractivity contribution in [1.82, 2.24) is 4.57 Å². The quantitative estimate of drug-likeness (QED) is 0.496. The van der Waals surface area contributed by atoms with E-state index in [1.54, 1.807) is 30.7 Å². The van der Waals surface area contributed by atoms with E-state index in [9.17, 15) is 9.90 Å². The van der Waals surface area contributed by atoms with Crippen molar-refractivity contribution >= 4 is 45.9 Å². The number of fused-ring (bicyclic) bond motifs is 1. The largest absolute Gasteiger partial charge is 0.493 e. The Balaban J connectivity index is 1.78. The first-order valence-corrected chi connectivity index (χ1v) is 8.87. The van der Waals surface area contributed by atoms with E-state index in [0.29, 0.717) is 10.7 Å². The number of hydrogen-bond acceptors (Lipinski definition) is 4. The summed E-state index contributed by atoms with van der Waals surface area (Å²) in [5.41, 5.74) is 1.13. The van der Waals surface area contributed by atoms with E-state index in [1.807, 2.05) is 36.4 Å². The molecule has 7 heteroatoms. The highest BCUT2D eigenvalue weighted by Crippen LogP contribution is 2.38. The van der Waals surface area contributed by atoms with Crippen LogP contribution in [0.1, 0.15) is 6.92 Å². The number of hydrogen-bond donors (Lipinski definition) is 1. The standard InChI is InChI=1S/C18H16ClN3O2S/c1-11(25-13-9-7-12(19)8-10-13)17(23)21-20-16-14-5-3-4-6-15(14)22(2)18(16)24/h3-11,24H,1-2H3/t11-/m0/s1. The Morgan fingerprint density at radius 1 is 1.20 bits per heavy atom. The number of aromatic nitrogens is 1. The smallest absolute Gasteiger partial charge is 0.277 e. The van der Waals surface area contributed by atoms with E-state index in [-0.39, 0.29) is 11.8 Å². The van der Waals surface area contributed by atoms with Gasteiger partial charge < -0.3 is 9.67 Å². The molecule has 0 unspecified atom stereocenters. The SMILES string of the molecule is C[C@H](Sc1ccc(Cl)cc1)C(=O)N=Nc1c(O)n(C)c2ccccc12. The lowest BCUT2D eigenvalue weighted by Gasteiger charge is -2.06. The van der Waals surface area contributed by atoms with Crippen LogP contribution in [0.2, 0.25) is 5.02 Å². The Hall–Kier alpha value is -2.31. The second-order valence-corrected chi connectivity index (χ2v) is 7.35. The van der Waals surface area contributed by atoms with Gasteiger partial charge in [-0.1, -0.05) is 29.8 Å². The molecule has 0 aliphatic heterocycles. The maximum Gasteiger partial charge on any atom is 0.277 e. The molecule has 0 bridgehead atoms. The van der Waals surface area contributed by atoms with E-state index >= 15 is 0 Å². The Labute approximate surface area is 154 Å². The van der Waals surface area contributed by atoms with Gasteiger partial charge in [-0.3, -0.25) is 4.79 Å². The molecule has 3 aromatic rings. The van der Waals surface area contributed by atoms with Gasteiger partial charge in [0.05, 0.1) is 10.8 Å². The van der Waals surface area contributed by atoms with E-state index in [4.69, 9.17) is 11.6 Å². The van der Waals surface area contributed by atoms with Crippen LogP contribution in [-0.2, 0) is 11.8 Å². The van der Waals surface area contributed by atoms with Crippen molar-refractivity contribution in [1.29, 1.82) is 0 Å². The lowest BCUT2D eigenvalue weighted by molar-refractivity contribution is -0.117. The number of para-hydroxylation sites is 1. The third kappa shape index (κ3) is 3.70. The zero-order chi connectivity index (χ0) is 18.0. The van der Waals surface area contributed by atoms with Gasteiger partial charge in [0.25, 0.3) is 5.91 Å². The number of amides is 1. The maximum absolute atomic E-state index is 12.2. The zero-order valence-corrected chi connectivity index (χ0v) is 15.3. The van der Waals surface area contributed by atoms with Gasteiger partial charge in [0, 0.05) is 22.4 Å². The van der Waals surface area contributed by atoms with Crippen LogP contribution in [0.5, 0.6) is 5.88 Å². The molecule has 2 aromatic carbocycles. The number of benzene rings is 2. The topological polar surface area (TPSA) is 66.9 Å². The average molecular weight is 374 g/mol. The predicted molar refractivity (Wildman–Crippen MR) is 101 cm³/mol. The molecule has 0 radical (unpaired) electrons. The molecule has 1 aromatic heterocycles. The Morgan fingerprint density at radius 2 is 1.88 bits per heavy atom. The number of nitrogens with zero attached hydrogens (tertiary/aromatic N) is 3. The van der Waals surface area contributed by atoms with Crippen LogP contribution in [-0.4, -0.2) is 20.8 Å². The molecule has 1 amide bonds. The second kappa shape index (κ2) is 7.29. The van der Waals surface area contributed by atoms with E-state index < -0.39 is 5.25 Å². The van der Waals surface area contributed by atoms with Crippen molar-refractivity contribution in [2.75, 3.05) is 0 Å². The minimum atomic E-state index is -0.401. The molecule has 1 heterocycles. The van der Waals surface area contributed by atoms with E-state index in [2.05, 4.69) is 10.2 Å². The fourth-order valence-electron chi connectivity index (χ4n) is 2.41. The van der Waals surface area contributed by atoms with Gasteiger partial charge in [0.2, 0.25) is 5.88 Å². The minimum Gasteiger partial charge on any atom is -0.493 e. The highest BCUT2D eigenvalue weighted by atomic mass is 35.5. The Kier molecular flexibility index (Phi) is 5.11. The van der Waals surface area contributed by atoms with Crippen LogP contribution in [0, 0.1) is 0 Å². The summed E-state index contributed by atoms with van der Waals surface area (Å²) in [7, 11) is 1.73. The third-order valence-corrected chi connectivity index (χ3v) is 5.12. The molecule has 25 heavy (non-hydrogen) atoms. The molecule has 0 spiro atoms. The third-order valence-electron chi connectivity index (χ3n) is 3.77. The number of carbonyl (C=O) groups excluding carboxylic acids is 1. The van der Waals surface area contributed by atoms with Crippen LogP contribution in [0.15, 0.2) is 63.7 Å². The molecule has 3 rings (SSSR count). The Bertz CT molecular complexity index is 951. The zero-order valence-electron chi connectivity index (χ0n) is 13.7. The van der Waals surface area contributed by atoms with Crippen LogP contribution < -0.4 is 0 Å². The van der Waals surface area contributed by atoms with E-state index in [0.717, 1.165) is 15.8 Å². The molecule has 1 N–H and O–H groups in total. The first-order valence-electron chi connectivity index (χ1n) is 7.61. The van der Waals surface area contributed by atoms with Crippen molar-refractivity contribution in [3.05, 3.63) is 53.6 Å². The minimum absolute atomic E-state index is 0.0178. The number of thioether (sulfide) groups is 1. The van der Waals surface area contributed by atoms with E-state index in [1.165, 1.54) is 11.8 Å². The summed E-state index contributed by atoms with van der Waals surface area (Å²) in [6, 6.07) is 14.7. The average Bonchev–Trinajstić information content (AvgIpc) is 2.86. The highest BCUT2D eigenvalue weighted by Gasteiger charge is 2.17. The van der Waals surface area contributed by atoms with Crippen molar-refractivity contribution in [3.8, 4) is 5.88 Å². The van der Waals surface area contributed by atoms with Gasteiger partial charge in [0.15, 0.2) is 5.69 Å². The molecule has 0 aliphatic carbocycles. The number of azo groups is 1. The van der Waals surface area contributed by atoms with Gasteiger partial charge >= 0.3 is 0 Å². The van der Waals surface area contributed by atoms with Crippen LogP contribution >= 0.6 is 23.4 Å². The number of aryl methyl sites for hydroxylation is 1. The number of rotatable bonds is 4. The summed E-state index contributed by atoms with van der Waals surface area (Å²) in [4.78, 5) is 13.2. The fraction of sp³-hybridized carbons (Fsp3) is 0.167. The van der Waals surface area contributed by atoms with Crippen molar-refractivity contribution in [3.63, 3.8) is 0 Å². The lowest BCUT2D eigenvalue weighted by Crippen LogP contribution is -2.09. The van der Waals surface area contributed by atoms with Crippen molar-refractivity contribution in [2.24, 2.45) is 17.3 Å². The first kappa shape index (κ1) is 17.5. The summed E-state index contributed by atoms with van der Waals surface area (Å²) in [5, 5.41) is 19.0. The summed E-state index contributed by atoms with van der Waals surface area (Å²) in [5.74, 6) is -0.386. The molecule has 0 saturated carbocycles. The van der Waals surface area contributed by atoms with Gasteiger partial charge in [-0.25, -0.2) is 0 Å². The molecule has 1 atom stereocenters. The molecule has 5 nitrogen and oxygen atoms in total. The lowest BCUT2D eigenvalue weighted by atomic mass is 10.2. The van der Waals surface area contributed by atoms with Crippen molar-refractivity contribution < 1.29 is 9.90 Å². The van der Waals surface area contributed by atoms with Gasteiger partial charge in [-0.05, 0) is 37.3 Å². The summed E-state index contributed by atoms with van der Waals surface area (Å²) in [6.07, 6.45) is 0. The fourth-order valence-corrected chi connectivity index (χ4v) is 3.38. The van der Waals surface area contributed by atoms with Crippen LogP contribution in [0.25, 0.3) is 10.9 Å². The van der Waals surface area contributed by atoms with Crippen LogP contribution in [0.3, 0.4) is 0 Å². The van der Waals surface area contributed by atoms with Gasteiger partial charge in [-0.15, -0.1) is 22.0 Å². The van der Waals surface area contributed by atoms with Gasteiger partial charge in [0.1, 0.15) is 0 Å². The highest BCUT2D eigenvalue weighted by molar-refractivity contribution is 8.00. The number of aromatic hydroxyl groups is 1. The molecule has 128 valence electrons. The summed E-state index contributed by atoms with van der Waals surface area (Å²) in [6.45, 7) is 1.77. The predicted octanol–water partition coefficient (Wildman–Crippen LogP) is 5.33. The summed E-state index contributed by atoms with van der Waals surface area (Å²) < 4.78 is 1.61. The summed E-state index contributed by atoms with van der Waals surface area (Å²) >= 11 is 7.24. The van der Waals surface area contributed by atoms with Crippen LogP contribution in [0.4, 0.5) is 5.69 Å². The number of halogens is 1. The molecular weight excluding hydrogens is 358 g/mol. The Morgan fingerprint density at radius 3 is 2.60 bits per heavy atom. The monoisotopic (exact) mass is 373 g/mol. The maximum atomic E-state index is 12.2. The first-order chi connectivity index (χ1) is 12.0. The molecule has 0 saturated heterocycles.